The van der Waals surface area contributed by atoms with Crippen molar-refractivity contribution in [1.82, 2.24) is 4.98 Å². The normalized spacial score (nSPS) is 19.8. The number of rotatable bonds is 5. The van der Waals surface area contributed by atoms with Crippen LogP contribution in [0, 0.1) is 5.82 Å². The smallest absolute Gasteiger partial charge is 0.301 e. The molecule has 2 atom stereocenters. The number of benzene rings is 3. The Morgan fingerprint density at radius 1 is 1.08 bits per heavy atom. The van der Waals surface area contributed by atoms with Gasteiger partial charge in [-0.2, -0.15) is 0 Å². The number of anilines is 1. The zero-order valence-electron chi connectivity index (χ0n) is 21.2. The third-order valence-corrected chi connectivity index (χ3v) is 7.90. The first-order valence-electron chi connectivity index (χ1n) is 12.2. The van der Waals surface area contributed by atoms with E-state index in [-0.39, 0.29) is 22.6 Å². The van der Waals surface area contributed by atoms with Gasteiger partial charge in [-0.15, -0.1) is 0 Å². The maximum Gasteiger partial charge on any atom is 0.301 e. The van der Waals surface area contributed by atoms with E-state index in [1.807, 2.05) is 6.92 Å². The van der Waals surface area contributed by atoms with Crippen molar-refractivity contribution in [2.24, 2.45) is 0 Å². The second kappa shape index (κ2) is 9.39. The van der Waals surface area contributed by atoms with Crippen LogP contribution in [0.25, 0.3) is 16.0 Å². The molecule has 3 heterocycles. The van der Waals surface area contributed by atoms with Crippen molar-refractivity contribution < 1.29 is 33.3 Å². The third-order valence-electron chi connectivity index (χ3n) is 6.88. The van der Waals surface area contributed by atoms with Crippen LogP contribution in [-0.2, 0) is 16.0 Å². The second-order valence-electron chi connectivity index (χ2n) is 9.35. The molecule has 1 amide bonds. The van der Waals surface area contributed by atoms with Crippen molar-refractivity contribution in [3.63, 3.8) is 0 Å². The van der Waals surface area contributed by atoms with Gasteiger partial charge in [0.2, 0.25) is 0 Å². The highest BCUT2D eigenvalue weighted by Gasteiger charge is 2.48. The summed E-state index contributed by atoms with van der Waals surface area (Å²) in [6, 6.07) is 13.3. The predicted molar refractivity (Wildman–Crippen MR) is 144 cm³/mol. The van der Waals surface area contributed by atoms with E-state index in [9.17, 15) is 19.1 Å². The number of aromatic nitrogens is 1. The number of methoxy groups -OCH3 is 2. The number of aliphatic hydroxyl groups is 1. The Bertz CT molecular complexity index is 1700. The van der Waals surface area contributed by atoms with Crippen LogP contribution >= 0.6 is 11.3 Å². The van der Waals surface area contributed by atoms with Crippen LogP contribution in [0.1, 0.15) is 29.7 Å². The Morgan fingerprint density at radius 3 is 2.64 bits per heavy atom. The summed E-state index contributed by atoms with van der Waals surface area (Å²) < 4.78 is 31.0. The fourth-order valence-corrected chi connectivity index (χ4v) is 6.10. The van der Waals surface area contributed by atoms with Gasteiger partial charge in [0.1, 0.15) is 23.4 Å². The lowest BCUT2D eigenvalue weighted by atomic mass is 9.94. The number of thiazole rings is 1. The number of Topliss-reactive ketones (excluding diaryl/α,β-unsaturated/α-hetero) is 1. The molecule has 1 fully saturated rings. The van der Waals surface area contributed by atoms with Gasteiger partial charge < -0.3 is 19.3 Å². The average Bonchev–Trinajstić information content (AvgIpc) is 3.59. The van der Waals surface area contributed by atoms with E-state index in [1.54, 1.807) is 36.4 Å². The largest absolute Gasteiger partial charge is 0.507 e. The first-order chi connectivity index (χ1) is 18.8. The van der Waals surface area contributed by atoms with Gasteiger partial charge in [-0.1, -0.05) is 17.4 Å². The highest BCUT2D eigenvalue weighted by Crippen LogP contribution is 2.46. The topological polar surface area (TPSA) is 98.2 Å². The summed E-state index contributed by atoms with van der Waals surface area (Å²) in [7, 11) is 2.98. The molecule has 0 aliphatic carbocycles. The fourth-order valence-electron chi connectivity index (χ4n) is 5.08. The van der Waals surface area contributed by atoms with Crippen LogP contribution in [0.5, 0.6) is 17.2 Å². The molecular weight excluding hydrogens is 523 g/mol. The van der Waals surface area contributed by atoms with Crippen molar-refractivity contribution in [2.45, 2.75) is 25.5 Å². The quantitative estimate of drug-likeness (QED) is 0.203. The molecule has 10 heteroatoms. The van der Waals surface area contributed by atoms with Crippen molar-refractivity contribution in [2.75, 3.05) is 19.1 Å². The Hall–Kier alpha value is -4.44. The number of carbonyl (C=O) groups is 2. The fraction of sp³-hybridized carbons (Fsp3) is 0.207. The predicted octanol–water partition coefficient (Wildman–Crippen LogP) is 5.40. The minimum Gasteiger partial charge on any atom is -0.507 e. The molecule has 0 bridgehead atoms. The number of carbonyl (C=O) groups excluding carboxylic acids is 2. The molecule has 2 aliphatic heterocycles. The van der Waals surface area contributed by atoms with Crippen LogP contribution < -0.4 is 19.1 Å². The van der Waals surface area contributed by atoms with E-state index in [0.717, 1.165) is 22.6 Å². The maximum absolute atomic E-state index is 13.9. The lowest BCUT2D eigenvalue weighted by molar-refractivity contribution is -0.132. The monoisotopic (exact) mass is 546 g/mol. The molecule has 3 aromatic carbocycles. The van der Waals surface area contributed by atoms with E-state index in [1.165, 1.54) is 37.3 Å². The lowest BCUT2D eigenvalue weighted by Gasteiger charge is -2.23. The molecule has 4 aromatic rings. The zero-order valence-corrected chi connectivity index (χ0v) is 22.0. The molecule has 198 valence electrons. The van der Waals surface area contributed by atoms with Crippen LogP contribution in [0.4, 0.5) is 9.52 Å². The maximum atomic E-state index is 13.9. The van der Waals surface area contributed by atoms with E-state index < -0.39 is 23.5 Å². The zero-order chi connectivity index (χ0) is 27.4. The molecule has 0 saturated carbocycles. The van der Waals surface area contributed by atoms with E-state index in [4.69, 9.17) is 14.2 Å². The summed E-state index contributed by atoms with van der Waals surface area (Å²) in [6.45, 7) is 1.95. The molecule has 2 unspecified atom stereocenters. The van der Waals surface area contributed by atoms with Crippen LogP contribution in [-0.4, -0.2) is 42.1 Å². The van der Waals surface area contributed by atoms with Gasteiger partial charge in [0.15, 0.2) is 16.6 Å². The number of halogens is 1. The van der Waals surface area contributed by atoms with E-state index >= 15 is 0 Å². The van der Waals surface area contributed by atoms with Crippen molar-refractivity contribution >= 4 is 44.1 Å². The minimum atomic E-state index is -1.03. The molecule has 0 radical (unpaired) electrons. The van der Waals surface area contributed by atoms with Gasteiger partial charge in [-0.05, 0) is 66.6 Å². The Labute approximate surface area is 226 Å². The summed E-state index contributed by atoms with van der Waals surface area (Å²) in [6.07, 6.45) is 0.658. The van der Waals surface area contributed by atoms with Gasteiger partial charge in [0, 0.05) is 12.0 Å². The number of ketones is 1. The van der Waals surface area contributed by atoms with Gasteiger partial charge >= 0.3 is 5.91 Å². The SMILES string of the molecule is COc1ccc(C2/C(=C(\O)c3ccc4c(c3)CC(C)O4)C(=O)C(=O)N2c2nc3ccc(F)cc3s2)cc1OC. The summed E-state index contributed by atoms with van der Waals surface area (Å²) >= 11 is 1.08. The molecule has 2 aliphatic rings. The number of amides is 1. The Balaban J connectivity index is 1.55. The molecule has 1 aromatic heterocycles. The molecule has 1 saturated heterocycles. The minimum absolute atomic E-state index is 0.00128. The second-order valence-corrected chi connectivity index (χ2v) is 10.4. The number of hydrogen-bond donors (Lipinski definition) is 1. The first kappa shape index (κ1) is 24.9. The molecular formula is C29H23FN2O6S. The van der Waals surface area contributed by atoms with Crippen LogP contribution in [0.3, 0.4) is 0 Å². The molecule has 1 N–H and O–H groups in total. The van der Waals surface area contributed by atoms with Crippen LogP contribution in [0.15, 0.2) is 60.2 Å². The Kier molecular flexibility index (Phi) is 5.99. The number of ether oxygens (including phenoxy) is 3. The Morgan fingerprint density at radius 2 is 1.87 bits per heavy atom. The lowest BCUT2D eigenvalue weighted by Crippen LogP contribution is -2.29. The summed E-state index contributed by atoms with van der Waals surface area (Å²) in [5.41, 5.74) is 2.18. The third kappa shape index (κ3) is 4.08. The highest BCUT2D eigenvalue weighted by molar-refractivity contribution is 7.22. The van der Waals surface area contributed by atoms with E-state index in [0.29, 0.717) is 39.3 Å². The van der Waals surface area contributed by atoms with Crippen molar-refractivity contribution in [3.05, 3.63) is 82.7 Å². The highest BCUT2D eigenvalue weighted by atomic mass is 32.1. The molecule has 6 rings (SSSR count). The van der Waals surface area contributed by atoms with Crippen molar-refractivity contribution in [1.29, 1.82) is 0 Å². The van der Waals surface area contributed by atoms with Gasteiger partial charge in [-0.25, -0.2) is 9.37 Å². The summed E-state index contributed by atoms with van der Waals surface area (Å²) in [4.78, 5) is 32.9. The molecule has 0 spiro atoms. The number of hydrogen-bond acceptors (Lipinski definition) is 8. The molecule has 39 heavy (non-hydrogen) atoms. The standard InChI is InChI=1S/C29H23FN2O6S/c1-14-10-17-11-16(5-8-20(17)38-14)26(33)24-25(15-4-9-21(36-2)22(12-15)37-3)32(28(35)27(24)34)29-31-19-7-6-18(30)13-23(19)39-29/h4-9,11-14,25,33H,10H2,1-3H3/b26-24+. The van der Waals surface area contributed by atoms with Gasteiger partial charge in [0.25, 0.3) is 5.78 Å². The number of aliphatic hydroxyl groups excluding tert-OH is 1. The summed E-state index contributed by atoms with van der Waals surface area (Å²) in [5, 5.41) is 11.7. The molecule has 8 nitrogen and oxygen atoms in total. The van der Waals surface area contributed by atoms with Crippen molar-refractivity contribution in [3.8, 4) is 17.2 Å². The van der Waals surface area contributed by atoms with E-state index in [2.05, 4.69) is 4.98 Å². The first-order valence-corrected chi connectivity index (χ1v) is 13.0. The van der Waals surface area contributed by atoms with Gasteiger partial charge in [0.05, 0.1) is 36.1 Å². The summed E-state index contributed by atoms with van der Waals surface area (Å²) in [5.74, 6) is -0.900. The van der Waals surface area contributed by atoms with Gasteiger partial charge in [-0.3, -0.25) is 14.5 Å². The average molecular weight is 547 g/mol. The number of fused-ring (bicyclic) bond motifs is 2. The number of nitrogens with zero attached hydrogens (tertiary/aromatic N) is 2. The van der Waals surface area contributed by atoms with Crippen LogP contribution in [0.2, 0.25) is 0 Å².